The Balaban J connectivity index is 2.85. The lowest BCUT2D eigenvalue weighted by Gasteiger charge is -2.25. The lowest BCUT2D eigenvalue weighted by Crippen LogP contribution is -2.37. The zero-order valence-corrected chi connectivity index (χ0v) is 9.77. The Hall–Kier alpha value is -1.35. The van der Waals surface area contributed by atoms with E-state index < -0.39 is 11.4 Å². The number of carbonyl (C=O) groups is 1. The lowest BCUT2D eigenvalue weighted by molar-refractivity contribution is -0.145. The van der Waals surface area contributed by atoms with Gasteiger partial charge < -0.3 is 9.84 Å². The Labute approximate surface area is 96.1 Å². The number of rotatable bonds is 6. The van der Waals surface area contributed by atoms with E-state index in [1.807, 2.05) is 37.3 Å². The molecule has 16 heavy (non-hydrogen) atoms. The predicted molar refractivity (Wildman–Crippen MR) is 62.5 cm³/mol. The number of carboxylic acids is 1. The third-order valence-corrected chi connectivity index (χ3v) is 2.62. The molecule has 0 fully saturated rings. The van der Waals surface area contributed by atoms with Crippen LogP contribution >= 0.6 is 0 Å². The average molecular weight is 222 g/mol. The highest BCUT2D eigenvalue weighted by Crippen LogP contribution is 2.24. The quantitative estimate of drug-likeness (QED) is 0.752. The van der Waals surface area contributed by atoms with Crippen LogP contribution in [-0.2, 0) is 14.9 Å². The summed E-state index contributed by atoms with van der Waals surface area (Å²) >= 11 is 0. The van der Waals surface area contributed by atoms with Crippen LogP contribution in [0.1, 0.15) is 25.8 Å². The van der Waals surface area contributed by atoms with Gasteiger partial charge in [0.25, 0.3) is 0 Å². The molecule has 1 N–H and O–H groups in total. The molecule has 0 amide bonds. The smallest absolute Gasteiger partial charge is 0.316 e. The van der Waals surface area contributed by atoms with Crippen LogP contribution in [0.2, 0.25) is 0 Å². The minimum atomic E-state index is -0.962. The largest absolute Gasteiger partial charge is 0.481 e. The highest BCUT2D eigenvalue weighted by atomic mass is 16.5. The molecule has 3 heteroatoms. The molecular formula is C13H18O3. The summed E-state index contributed by atoms with van der Waals surface area (Å²) in [5, 5.41) is 9.31. The first-order valence-corrected chi connectivity index (χ1v) is 5.48. The summed E-state index contributed by atoms with van der Waals surface area (Å²) in [6.45, 7) is 4.50. The van der Waals surface area contributed by atoms with Gasteiger partial charge in [-0.05, 0) is 18.9 Å². The number of hydrogen-bond donors (Lipinski definition) is 1. The fourth-order valence-corrected chi connectivity index (χ4v) is 1.50. The molecule has 1 aromatic rings. The van der Waals surface area contributed by atoms with E-state index in [4.69, 9.17) is 4.74 Å². The first-order chi connectivity index (χ1) is 7.61. The van der Waals surface area contributed by atoms with Gasteiger partial charge in [-0.2, -0.15) is 0 Å². The number of carboxylic acid groups (broad SMARTS) is 1. The number of aliphatic carboxylic acids is 1. The summed E-state index contributed by atoms with van der Waals surface area (Å²) < 4.78 is 5.38. The van der Waals surface area contributed by atoms with Gasteiger partial charge in [0.2, 0.25) is 0 Å². The third-order valence-electron chi connectivity index (χ3n) is 2.62. The van der Waals surface area contributed by atoms with E-state index in [1.54, 1.807) is 6.92 Å². The summed E-state index contributed by atoms with van der Waals surface area (Å²) in [5.74, 6) is -0.852. The van der Waals surface area contributed by atoms with Crippen molar-refractivity contribution in [3.63, 3.8) is 0 Å². The van der Waals surface area contributed by atoms with E-state index in [-0.39, 0.29) is 6.61 Å². The van der Waals surface area contributed by atoms with E-state index >= 15 is 0 Å². The summed E-state index contributed by atoms with van der Waals surface area (Å²) in [6, 6.07) is 9.21. The molecule has 0 saturated carbocycles. The second-order valence-corrected chi connectivity index (χ2v) is 4.06. The van der Waals surface area contributed by atoms with Gasteiger partial charge in [0, 0.05) is 6.61 Å². The minimum absolute atomic E-state index is 0.209. The maximum Gasteiger partial charge on any atom is 0.316 e. The van der Waals surface area contributed by atoms with E-state index in [1.165, 1.54) is 0 Å². The molecule has 0 aliphatic rings. The van der Waals surface area contributed by atoms with Gasteiger partial charge in [-0.25, -0.2) is 0 Å². The number of benzene rings is 1. The SMILES string of the molecule is CCCOCC(C)(C(=O)O)c1ccccc1. The van der Waals surface area contributed by atoms with Crippen LogP contribution in [0.25, 0.3) is 0 Å². The minimum Gasteiger partial charge on any atom is -0.481 e. The Morgan fingerprint density at radius 3 is 2.50 bits per heavy atom. The molecule has 0 aliphatic heterocycles. The molecular weight excluding hydrogens is 204 g/mol. The Morgan fingerprint density at radius 1 is 1.38 bits per heavy atom. The van der Waals surface area contributed by atoms with Crippen molar-refractivity contribution < 1.29 is 14.6 Å². The van der Waals surface area contributed by atoms with E-state index in [2.05, 4.69) is 0 Å². The first kappa shape index (κ1) is 12.7. The van der Waals surface area contributed by atoms with Crippen LogP contribution in [0.15, 0.2) is 30.3 Å². The molecule has 0 radical (unpaired) electrons. The summed E-state index contributed by atoms with van der Waals surface area (Å²) in [6.07, 6.45) is 0.893. The summed E-state index contributed by atoms with van der Waals surface area (Å²) in [5.41, 5.74) is -0.185. The second-order valence-electron chi connectivity index (χ2n) is 4.06. The molecule has 1 aromatic carbocycles. The zero-order valence-electron chi connectivity index (χ0n) is 9.77. The van der Waals surface area contributed by atoms with Crippen LogP contribution in [0.3, 0.4) is 0 Å². The van der Waals surface area contributed by atoms with Crippen molar-refractivity contribution in [2.24, 2.45) is 0 Å². The Bertz CT molecular complexity index is 334. The van der Waals surface area contributed by atoms with Gasteiger partial charge in [0.1, 0.15) is 5.41 Å². The van der Waals surface area contributed by atoms with Crippen LogP contribution in [0, 0.1) is 0 Å². The maximum absolute atomic E-state index is 11.3. The molecule has 3 nitrogen and oxygen atoms in total. The van der Waals surface area contributed by atoms with Crippen LogP contribution in [0.4, 0.5) is 0 Å². The van der Waals surface area contributed by atoms with Crippen molar-refractivity contribution in [1.82, 2.24) is 0 Å². The van der Waals surface area contributed by atoms with Gasteiger partial charge in [0.15, 0.2) is 0 Å². The van der Waals surface area contributed by atoms with Gasteiger partial charge >= 0.3 is 5.97 Å². The van der Waals surface area contributed by atoms with Crippen LogP contribution in [-0.4, -0.2) is 24.3 Å². The predicted octanol–water partition coefficient (Wildman–Crippen LogP) is 2.46. The monoisotopic (exact) mass is 222 g/mol. The Kier molecular flexibility index (Phi) is 4.50. The van der Waals surface area contributed by atoms with Crippen LogP contribution < -0.4 is 0 Å². The van der Waals surface area contributed by atoms with Crippen molar-refractivity contribution in [1.29, 1.82) is 0 Å². The average Bonchev–Trinajstić information content (AvgIpc) is 2.30. The normalized spacial score (nSPS) is 14.4. The zero-order chi connectivity index (χ0) is 12.0. The van der Waals surface area contributed by atoms with Gasteiger partial charge in [-0.15, -0.1) is 0 Å². The fourth-order valence-electron chi connectivity index (χ4n) is 1.50. The van der Waals surface area contributed by atoms with Crippen molar-refractivity contribution in [2.45, 2.75) is 25.7 Å². The van der Waals surface area contributed by atoms with Gasteiger partial charge in [-0.3, -0.25) is 4.79 Å². The third kappa shape index (κ3) is 2.83. The van der Waals surface area contributed by atoms with Crippen LogP contribution in [0.5, 0.6) is 0 Å². The summed E-state index contributed by atoms with van der Waals surface area (Å²) in [4.78, 5) is 11.3. The number of ether oxygens (including phenoxy) is 1. The molecule has 0 aromatic heterocycles. The Morgan fingerprint density at radius 2 is 2.00 bits per heavy atom. The molecule has 0 saturated heterocycles. The molecule has 1 unspecified atom stereocenters. The maximum atomic E-state index is 11.3. The molecule has 0 aliphatic carbocycles. The molecule has 0 spiro atoms. The van der Waals surface area contributed by atoms with Crippen molar-refractivity contribution in [2.75, 3.05) is 13.2 Å². The summed E-state index contributed by atoms with van der Waals surface area (Å²) in [7, 11) is 0. The highest BCUT2D eigenvalue weighted by Gasteiger charge is 2.35. The van der Waals surface area contributed by atoms with E-state index in [0.717, 1.165) is 12.0 Å². The fraction of sp³-hybridized carbons (Fsp3) is 0.462. The molecule has 1 rings (SSSR count). The van der Waals surface area contributed by atoms with Gasteiger partial charge in [-0.1, -0.05) is 37.3 Å². The molecule has 1 atom stereocenters. The molecule has 0 bridgehead atoms. The highest BCUT2D eigenvalue weighted by molar-refractivity contribution is 5.81. The van der Waals surface area contributed by atoms with Crippen molar-refractivity contribution in [3.05, 3.63) is 35.9 Å². The van der Waals surface area contributed by atoms with Gasteiger partial charge in [0.05, 0.1) is 6.61 Å². The number of hydrogen-bond acceptors (Lipinski definition) is 2. The topological polar surface area (TPSA) is 46.5 Å². The van der Waals surface area contributed by atoms with Crippen molar-refractivity contribution in [3.8, 4) is 0 Å². The van der Waals surface area contributed by atoms with E-state index in [9.17, 15) is 9.90 Å². The van der Waals surface area contributed by atoms with Crippen molar-refractivity contribution >= 4 is 5.97 Å². The molecule has 0 heterocycles. The van der Waals surface area contributed by atoms with E-state index in [0.29, 0.717) is 6.61 Å². The standard InChI is InChI=1S/C13H18O3/c1-3-9-16-10-13(2,12(14)15)11-7-5-4-6-8-11/h4-8H,3,9-10H2,1-2H3,(H,14,15). The first-order valence-electron chi connectivity index (χ1n) is 5.48. The second kappa shape index (κ2) is 5.66. The molecule has 88 valence electrons. The lowest BCUT2D eigenvalue weighted by atomic mass is 9.83.